The lowest BCUT2D eigenvalue weighted by molar-refractivity contribution is -0.142. The van der Waals surface area contributed by atoms with Gasteiger partial charge in [0.15, 0.2) is 22.6 Å². The average Bonchev–Trinajstić information content (AvgIpc) is 3.18. The zero-order chi connectivity index (χ0) is 21.5. The summed E-state index contributed by atoms with van der Waals surface area (Å²) in [5, 5.41) is -0.0856. The summed E-state index contributed by atoms with van der Waals surface area (Å²) in [6.45, 7) is 8.50. The molecule has 2 aliphatic rings. The molecule has 2 fully saturated rings. The van der Waals surface area contributed by atoms with Gasteiger partial charge in [-0.3, -0.25) is 0 Å². The monoisotopic (exact) mass is 460 g/mol. The van der Waals surface area contributed by atoms with Crippen LogP contribution in [0.3, 0.4) is 0 Å². The lowest BCUT2D eigenvalue weighted by Gasteiger charge is -2.18. The van der Waals surface area contributed by atoms with Crippen LogP contribution in [0.1, 0.15) is 27.7 Å². The molecule has 0 aliphatic carbocycles. The van der Waals surface area contributed by atoms with Crippen molar-refractivity contribution in [2.45, 2.75) is 51.5 Å². The van der Waals surface area contributed by atoms with Crippen LogP contribution in [-0.2, 0) is 18.9 Å². The Bertz CT molecular complexity index is 869. The van der Waals surface area contributed by atoms with Crippen LogP contribution < -0.4 is 9.47 Å². The maximum atomic E-state index is 6.09. The minimum absolute atomic E-state index is 0.0428. The van der Waals surface area contributed by atoms with Crippen molar-refractivity contribution in [3.63, 3.8) is 0 Å². The summed E-state index contributed by atoms with van der Waals surface area (Å²) in [4.78, 5) is 16.6. The lowest BCUT2D eigenvalue weighted by Crippen LogP contribution is -2.25. The highest BCUT2D eigenvalue weighted by Gasteiger charge is 2.34. The second kappa shape index (κ2) is 8.18. The van der Waals surface area contributed by atoms with E-state index >= 15 is 0 Å². The summed E-state index contributed by atoms with van der Waals surface area (Å²) in [6.07, 6.45) is -0.528. The van der Waals surface area contributed by atoms with Gasteiger partial charge in [-0.2, -0.15) is 9.97 Å². The van der Waals surface area contributed by atoms with E-state index in [-0.39, 0.29) is 58.8 Å². The van der Waals surface area contributed by atoms with Crippen molar-refractivity contribution < 1.29 is 28.4 Å². The third-order valence-corrected chi connectivity index (χ3v) is 4.71. The Hall–Kier alpha value is -1.56. The van der Waals surface area contributed by atoms with Gasteiger partial charge in [-0.15, -0.1) is 0 Å². The zero-order valence-electron chi connectivity index (χ0n) is 17.0. The van der Waals surface area contributed by atoms with Gasteiger partial charge in [-0.25, -0.2) is 9.97 Å². The third kappa shape index (κ3) is 5.01. The van der Waals surface area contributed by atoms with Crippen molar-refractivity contribution in [1.82, 2.24) is 19.9 Å². The second-order valence-electron chi connectivity index (χ2n) is 7.82. The van der Waals surface area contributed by atoms with Crippen LogP contribution in [0.2, 0.25) is 10.6 Å². The van der Waals surface area contributed by atoms with Gasteiger partial charge < -0.3 is 28.4 Å². The molecule has 2 aromatic heterocycles. The molecule has 2 saturated heterocycles. The van der Waals surface area contributed by atoms with Crippen LogP contribution in [0, 0.1) is 0 Å². The van der Waals surface area contributed by atoms with E-state index in [4.69, 9.17) is 51.6 Å². The quantitative estimate of drug-likeness (QED) is 0.596. The molecule has 0 bridgehead atoms. The van der Waals surface area contributed by atoms with E-state index in [2.05, 4.69) is 19.9 Å². The molecule has 2 unspecified atom stereocenters. The molecule has 0 aromatic carbocycles. The lowest BCUT2D eigenvalue weighted by atomic mass is 10.3. The van der Waals surface area contributed by atoms with E-state index in [9.17, 15) is 0 Å². The van der Waals surface area contributed by atoms with Crippen molar-refractivity contribution in [3.05, 3.63) is 10.6 Å². The highest BCUT2D eigenvalue weighted by Crippen LogP contribution is 2.31. The second-order valence-corrected chi connectivity index (χ2v) is 8.49. The van der Waals surface area contributed by atoms with E-state index in [1.165, 1.54) is 0 Å². The largest absolute Gasteiger partial charge is 0.473 e. The van der Waals surface area contributed by atoms with Crippen LogP contribution in [-0.4, -0.2) is 70.1 Å². The first-order valence-electron chi connectivity index (χ1n) is 9.40. The average molecular weight is 461 g/mol. The number of nitrogens with zero attached hydrogens (tertiary/aromatic N) is 4. The predicted octanol–water partition coefficient (Wildman–Crippen LogP) is 2.79. The molecule has 12 heteroatoms. The molecule has 2 aromatic rings. The molecule has 0 N–H and O–H groups in total. The van der Waals surface area contributed by atoms with Gasteiger partial charge in [-0.1, -0.05) is 0 Å². The Balaban J connectivity index is 1.54. The van der Waals surface area contributed by atoms with Crippen molar-refractivity contribution in [2.75, 3.05) is 26.4 Å². The highest BCUT2D eigenvalue weighted by molar-refractivity contribution is 6.29. The van der Waals surface area contributed by atoms with E-state index in [1.54, 1.807) is 0 Å². The first-order chi connectivity index (χ1) is 14.1. The summed E-state index contributed by atoms with van der Waals surface area (Å²) in [5.74, 6) is -1.03. The Labute approximate surface area is 183 Å². The van der Waals surface area contributed by atoms with Gasteiger partial charge in [0.2, 0.25) is 22.3 Å². The SMILES string of the molecule is CC1(C)OCC(COc2nc(Cl)nc3c(OCC4COC(C)(C)O4)nc(Cl)nc23)O1. The maximum absolute atomic E-state index is 6.09. The van der Waals surface area contributed by atoms with Crippen LogP contribution in [0.4, 0.5) is 0 Å². The smallest absolute Gasteiger partial charge is 0.245 e. The number of ether oxygens (including phenoxy) is 6. The first kappa shape index (κ1) is 21.7. The molecular weight excluding hydrogens is 439 g/mol. The molecule has 30 heavy (non-hydrogen) atoms. The third-order valence-electron chi connectivity index (χ3n) is 4.37. The Morgan fingerprint density at radius 2 is 1.17 bits per heavy atom. The molecule has 2 atom stereocenters. The van der Waals surface area contributed by atoms with Crippen LogP contribution in [0.25, 0.3) is 11.0 Å². The fraction of sp³-hybridized carbons (Fsp3) is 0.667. The Kier molecular flexibility index (Phi) is 5.90. The Morgan fingerprint density at radius 1 is 0.767 bits per heavy atom. The van der Waals surface area contributed by atoms with Crippen LogP contribution in [0.15, 0.2) is 0 Å². The molecule has 0 radical (unpaired) electrons. The number of hydrogen-bond acceptors (Lipinski definition) is 10. The molecule has 4 rings (SSSR count). The van der Waals surface area contributed by atoms with Gasteiger partial charge in [0.05, 0.1) is 13.2 Å². The highest BCUT2D eigenvalue weighted by atomic mass is 35.5. The van der Waals surface area contributed by atoms with Crippen LogP contribution in [0.5, 0.6) is 11.8 Å². The van der Waals surface area contributed by atoms with Gasteiger partial charge in [0.25, 0.3) is 0 Å². The van der Waals surface area contributed by atoms with E-state index in [0.29, 0.717) is 13.2 Å². The Morgan fingerprint density at radius 3 is 1.50 bits per heavy atom. The van der Waals surface area contributed by atoms with Gasteiger partial charge in [-0.05, 0) is 50.9 Å². The number of fused-ring (bicyclic) bond motifs is 1. The van der Waals surface area contributed by atoms with Gasteiger partial charge in [0, 0.05) is 0 Å². The molecule has 0 saturated carbocycles. The summed E-state index contributed by atoms with van der Waals surface area (Å²) in [6, 6.07) is 0. The molecule has 2 aliphatic heterocycles. The standard InChI is InChI=1S/C18H22Cl2N4O6/c1-17(2)27-7-9(29-17)5-25-13-11-12(22-15(19)23-13)14(24-16(20)21-11)26-6-10-8-28-18(3,4)30-10/h9-10H,5-8H2,1-4H3. The summed E-state index contributed by atoms with van der Waals surface area (Å²) >= 11 is 12.2. The first-order valence-corrected chi connectivity index (χ1v) is 10.2. The topological polar surface area (TPSA) is 107 Å². The van der Waals surface area contributed by atoms with Crippen molar-refractivity contribution in [2.24, 2.45) is 0 Å². The predicted molar refractivity (Wildman–Crippen MR) is 106 cm³/mol. The normalized spacial score (nSPS) is 25.0. The molecule has 0 spiro atoms. The molecule has 0 amide bonds. The molecular formula is C18H22Cl2N4O6. The number of aromatic nitrogens is 4. The zero-order valence-corrected chi connectivity index (χ0v) is 18.5. The van der Waals surface area contributed by atoms with E-state index in [1.807, 2.05) is 27.7 Å². The van der Waals surface area contributed by atoms with Crippen molar-refractivity contribution >= 4 is 34.2 Å². The van der Waals surface area contributed by atoms with Gasteiger partial charge in [0.1, 0.15) is 25.4 Å². The minimum Gasteiger partial charge on any atom is -0.473 e. The summed E-state index contributed by atoms with van der Waals surface area (Å²) < 4.78 is 34.2. The van der Waals surface area contributed by atoms with Gasteiger partial charge >= 0.3 is 0 Å². The number of rotatable bonds is 6. The van der Waals surface area contributed by atoms with E-state index < -0.39 is 11.6 Å². The molecule has 164 valence electrons. The fourth-order valence-corrected chi connectivity index (χ4v) is 3.47. The number of halogens is 2. The van der Waals surface area contributed by atoms with Crippen molar-refractivity contribution in [3.8, 4) is 11.8 Å². The fourth-order valence-electron chi connectivity index (χ4n) is 3.15. The number of hydrogen-bond donors (Lipinski definition) is 0. The maximum Gasteiger partial charge on any atom is 0.245 e. The van der Waals surface area contributed by atoms with Crippen molar-refractivity contribution in [1.29, 1.82) is 0 Å². The summed E-state index contributed by atoms with van der Waals surface area (Å²) in [7, 11) is 0. The minimum atomic E-state index is -0.660. The molecule has 4 heterocycles. The van der Waals surface area contributed by atoms with E-state index in [0.717, 1.165) is 0 Å². The molecule has 10 nitrogen and oxygen atoms in total. The summed E-state index contributed by atoms with van der Waals surface area (Å²) in [5.41, 5.74) is 0.549. The van der Waals surface area contributed by atoms with Crippen LogP contribution >= 0.6 is 23.2 Å².